The van der Waals surface area contributed by atoms with Crippen LogP contribution in [0.15, 0.2) is 60.9 Å². The van der Waals surface area contributed by atoms with Gasteiger partial charge in [-0.05, 0) is 93.8 Å². The van der Waals surface area contributed by atoms with E-state index in [1.807, 2.05) is 68.7 Å². The van der Waals surface area contributed by atoms with Gasteiger partial charge in [0.05, 0.1) is 77.3 Å². The number of amides is 4. The van der Waals surface area contributed by atoms with Gasteiger partial charge in [-0.1, -0.05) is 33.8 Å². The van der Waals surface area contributed by atoms with Gasteiger partial charge in [0.25, 0.3) is 0 Å². The molecular weight excluding hydrogens is 906 g/mol. The van der Waals surface area contributed by atoms with Gasteiger partial charge in [0.15, 0.2) is 0 Å². The van der Waals surface area contributed by atoms with Crippen LogP contribution in [-0.2, 0) is 24.7 Å². The van der Waals surface area contributed by atoms with Gasteiger partial charge in [-0.25, -0.2) is 23.9 Å². The molecule has 2 saturated heterocycles. The molecule has 2 fully saturated rings. The lowest BCUT2D eigenvalue weighted by Gasteiger charge is -2.30. The van der Waals surface area contributed by atoms with Crippen molar-refractivity contribution in [2.75, 3.05) is 27.3 Å². The largest absolute Gasteiger partial charge is 0.464 e. The SMILES string of the molecule is COC(=O)N[C@H](C(=O)N1CCC[C@H]1c1ncc(-c2cc(F)c3c(c2)OC(c2ccc(C(C)(C)O)s2)n2c-3cc3cc(-c4cnc([C@@H]5CCCN5C(=O)[C@@H](NC(=O)OC)C(C)C)[nH]4)ccc32)[nH]1)C(C)C. The lowest BCUT2D eigenvalue weighted by Crippen LogP contribution is -2.51. The minimum absolute atomic E-state index is 0.165. The number of nitrogens with zero attached hydrogens (tertiary/aromatic N) is 5. The van der Waals surface area contributed by atoms with E-state index in [2.05, 4.69) is 25.6 Å². The summed E-state index contributed by atoms with van der Waals surface area (Å²) in [5.41, 5.74) is 3.20. The normalized spacial score (nSPS) is 18.8. The molecule has 0 radical (unpaired) electrons. The minimum atomic E-state index is -1.10. The molecule has 19 heteroatoms. The van der Waals surface area contributed by atoms with E-state index < -0.39 is 41.9 Å². The molecule has 7 heterocycles. The Hall–Kier alpha value is -6.73. The number of likely N-dealkylation sites (tertiary alicyclic amines) is 2. The molecule has 0 bridgehead atoms. The van der Waals surface area contributed by atoms with Crippen LogP contribution in [0.4, 0.5) is 14.0 Å². The van der Waals surface area contributed by atoms with Gasteiger partial charge < -0.3 is 49.7 Å². The number of benzene rings is 2. The molecule has 0 saturated carbocycles. The molecule has 364 valence electrons. The number of carbonyl (C=O) groups is 4. The zero-order chi connectivity index (χ0) is 49.1. The summed E-state index contributed by atoms with van der Waals surface area (Å²) in [6.07, 6.45) is 4.20. The number of ether oxygens (including phenoxy) is 3. The number of alkyl carbamates (subject to hydrolysis) is 2. The summed E-state index contributed by atoms with van der Waals surface area (Å²) >= 11 is 1.42. The Morgan fingerprint density at radius 2 is 1.38 bits per heavy atom. The van der Waals surface area contributed by atoms with Crippen LogP contribution in [0.3, 0.4) is 0 Å². The second-order valence-electron chi connectivity index (χ2n) is 19.2. The summed E-state index contributed by atoms with van der Waals surface area (Å²) in [5.74, 6) is 0.219. The Morgan fingerprint density at radius 3 is 1.90 bits per heavy atom. The smallest absolute Gasteiger partial charge is 0.407 e. The van der Waals surface area contributed by atoms with E-state index in [1.165, 1.54) is 31.6 Å². The number of rotatable bonds is 12. The fourth-order valence-electron chi connectivity index (χ4n) is 9.79. The molecule has 4 aromatic heterocycles. The van der Waals surface area contributed by atoms with Gasteiger partial charge in [0.2, 0.25) is 18.0 Å². The minimum Gasteiger partial charge on any atom is -0.464 e. The van der Waals surface area contributed by atoms with Gasteiger partial charge in [-0.15, -0.1) is 11.3 Å². The zero-order valence-electron chi connectivity index (χ0n) is 39.9. The first-order valence-corrected chi connectivity index (χ1v) is 24.2. The highest BCUT2D eigenvalue weighted by Gasteiger charge is 2.40. The molecule has 0 spiro atoms. The number of aliphatic hydroxyl groups is 1. The number of hydrogen-bond acceptors (Lipinski definition) is 11. The van der Waals surface area contributed by atoms with Crippen molar-refractivity contribution in [3.8, 4) is 39.5 Å². The van der Waals surface area contributed by atoms with Crippen molar-refractivity contribution in [3.63, 3.8) is 0 Å². The Bertz CT molecular complexity index is 2930. The molecule has 5 N–H and O–H groups in total. The van der Waals surface area contributed by atoms with Gasteiger partial charge in [-0.2, -0.15) is 0 Å². The zero-order valence-corrected chi connectivity index (χ0v) is 40.7. The van der Waals surface area contributed by atoms with E-state index in [4.69, 9.17) is 19.2 Å². The second-order valence-corrected chi connectivity index (χ2v) is 20.3. The van der Waals surface area contributed by atoms with Crippen LogP contribution in [0, 0.1) is 17.7 Å². The van der Waals surface area contributed by atoms with Crippen molar-refractivity contribution in [1.29, 1.82) is 0 Å². The molecule has 6 aromatic rings. The van der Waals surface area contributed by atoms with E-state index in [0.717, 1.165) is 44.8 Å². The number of H-pyrrole nitrogens is 2. The van der Waals surface area contributed by atoms with Gasteiger partial charge in [0, 0.05) is 34.5 Å². The summed E-state index contributed by atoms with van der Waals surface area (Å²) < 4.78 is 35.3. The van der Waals surface area contributed by atoms with Crippen LogP contribution in [0.5, 0.6) is 5.75 Å². The molecule has 2 aromatic carbocycles. The third-order valence-electron chi connectivity index (χ3n) is 13.4. The monoisotopic (exact) mass is 963 g/mol. The predicted molar refractivity (Wildman–Crippen MR) is 257 cm³/mol. The fraction of sp³-hybridized carbons (Fsp3) is 0.440. The van der Waals surface area contributed by atoms with Crippen LogP contribution in [0.1, 0.15) is 107 Å². The number of hydrogen-bond donors (Lipinski definition) is 5. The number of imidazole rings is 2. The molecule has 17 nitrogen and oxygen atoms in total. The number of nitrogens with one attached hydrogen (secondary N) is 4. The number of fused-ring (bicyclic) bond motifs is 5. The molecule has 4 amide bonds. The van der Waals surface area contributed by atoms with E-state index in [0.29, 0.717) is 60.3 Å². The molecule has 5 atom stereocenters. The Labute approximate surface area is 402 Å². The lowest BCUT2D eigenvalue weighted by molar-refractivity contribution is -0.136. The maximum absolute atomic E-state index is 16.9. The highest BCUT2D eigenvalue weighted by molar-refractivity contribution is 7.12. The average Bonchev–Trinajstić information content (AvgIpc) is 4.18. The topological polar surface area (TPSA) is 209 Å². The number of aromatic amines is 2. The Kier molecular flexibility index (Phi) is 12.8. The van der Waals surface area contributed by atoms with Gasteiger partial charge in [0.1, 0.15) is 35.3 Å². The number of carbonyl (C=O) groups excluding carboxylic acids is 4. The summed E-state index contributed by atoms with van der Waals surface area (Å²) in [4.78, 5) is 73.2. The van der Waals surface area contributed by atoms with Crippen molar-refractivity contribution >= 4 is 46.2 Å². The van der Waals surface area contributed by atoms with Crippen molar-refractivity contribution in [2.45, 2.75) is 103 Å². The van der Waals surface area contributed by atoms with E-state index in [9.17, 15) is 24.3 Å². The molecule has 3 aliphatic rings. The standard InChI is InChI=1S/C50H58FN9O8S/c1-25(2)41(56-48(63)66-7)45(61)58-17-9-11-34(58)43-52-23-31(54-43)27-13-14-33-29(19-27)21-36-40-30(51)20-28(22-37(40)68-47(60(33)36)38-15-16-39(69-38)50(5,6)65)32-24-53-44(55-32)35-12-10-18-59(35)46(62)42(26(3)4)57-49(64)67-8/h13-16,19-26,34-35,41-42,47,65H,9-12,17-18H2,1-8H3,(H,52,54)(H,53,55)(H,56,63)(H,57,64)/t34-,35-,41-,42-,47?/m0/s1. The number of halogens is 1. The van der Waals surface area contributed by atoms with Gasteiger partial charge >= 0.3 is 12.2 Å². The number of thiophene rings is 1. The van der Waals surface area contributed by atoms with Crippen molar-refractivity contribution in [2.24, 2.45) is 11.8 Å². The van der Waals surface area contributed by atoms with Crippen LogP contribution < -0.4 is 15.4 Å². The molecule has 69 heavy (non-hydrogen) atoms. The van der Waals surface area contributed by atoms with Crippen LogP contribution in [0.2, 0.25) is 0 Å². The summed E-state index contributed by atoms with van der Waals surface area (Å²) in [7, 11) is 2.53. The van der Waals surface area contributed by atoms with Crippen molar-refractivity contribution in [3.05, 3.63) is 88.1 Å². The first-order valence-electron chi connectivity index (χ1n) is 23.3. The fourth-order valence-corrected chi connectivity index (χ4v) is 10.8. The predicted octanol–water partition coefficient (Wildman–Crippen LogP) is 8.54. The average molecular weight is 964 g/mol. The number of aromatic nitrogens is 5. The molecule has 9 rings (SSSR count). The number of methoxy groups -OCH3 is 2. The maximum atomic E-state index is 16.9. The van der Waals surface area contributed by atoms with Crippen LogP contribution in [-0.4, -0.2) is 103 Å². The quantitative estimate of drug-likeness (QED) is 0.0789. The van der Waals surface area contributed by atoms with Crippen LogP contribution in [0.25, 0.3) is 44.7 Å². The van der Waals surface area contributed by atoms with E-state index >= 15 is 4.39 Å². The van der Waals surface area contributed by atoms with Crippen molar-refractivity contribution < 1.29 is 42.9 Å². The highest BCUT2D eigenvalue weighted by Crippen LogP contribution is 2.49. The third kappa shape index (κ3) is 8.93. The molecule has 1 unspecified atom stereocenters. The maximum Gasteiger partial charge on any atom is 0.407 e. The molecule has 3 aliphatic heterocycles. The van der Waals surface area contributed by atoms with E-state index in [-0.39, 0.29) is 41.3 Å². The summed E-state index contributed by atoms with van der Waals surface area (Å²) in [6.45, 7) is 12.0. The van der Waals surface area contributed by atoms with Crippen LogP contribution >= 0.6 is 11.3 Å². The van der Waals surface area contributed by atoms with Crippen molar-refractivity contribution in [1.82, 2.24) is 44.9 Å². The third-order valence-corrected chi connectivity index (χ3v) is 14.8. The molecule has 0 aliphatic carbocycles. The first kappa shape index (κ1) is 47.3. The Balaban J connectivity index is 1.04. The first-order chi connectivity index (χ1) is 32.9. The second kappa shape index (κ2) is 18.6. The highest BCUT2D eigenvalue weighted by atomic mass is 32.1. The molecular formula is C50H58FN9O8S. The summed E-state index contributed by atoms with van der Waals surface area (Å²) in [5, 5.41) is 17.2. The Morgan fingerprint density at radius 1 is 0.812 bits per heavy atom. The van der Waals surface area contributed by atoms with Gasteiger partial charge in [-0.3, -0.25) is 14.2 Å². The lowest BCUT2D eigenvalue weighted by atomic mass is 10.0. The summed E-state index contributed by atoms with van der Waals surface area (Å²) in [6, 6.07) is 12.7. The van der Waals surface area contributed by atoms with E-state index in [1.54, 1.807) is 42.1 Å².